The summed E-state index contributed by atoms with van der Waals surface area (Å²) in [5.41, 5.74) is 11.8. The van der Waals surface area contributed by atoms with E-state index in [4.69, 9.17) is 0 Å². The maximum absolute atomic E-state index is 14.6. The zero-order chi connectivity index (χ0) is 37.7. The second-order valence-corrected chi connectivity index (χ2v) is 16.8. The number of allylic oxidation sites excluding steroid dienone is 1. The second-order valence-electron chi connectivity index (χ2n) is 14.9. The molecule has 0 spiro atoms. The van der Waals surface area contributed by atoms with Gasteiger partial charge in [-0.3, -0.25) is 4.79 Å². The fraction of sp³-hybridized carbons (Fsp3) is 0.0600. The van der Waals surface area contributed by atoms with Gasteiger partial charge in [-0.05, 0) is 113 Å². The van der Waals surface area contributed by atoms with E-state index in [0.717, 1.165) is 78.3 Å². The molecular weight excluding hydrogens is 709 g/mol. The van der Waals surface area contributed by atoms with Crippen molar-refractivity contribution in [1.29, 1.82) is 0 Å². The van der Waals surface area contributed by atoms with Crippen LogP contribution >= 0.6 is 0 Å². The molecule has 268 valence electrons. The van der Waals surface area contributed by atoms with Gasteiger partial charge < -0.3 is 9.13 Å². The fourth-order valence-electron chi connectivity index (χ4n) is 9.11. The van der Waals surface area contributed by atoms with Gasteiger partial charge in [0.15, 0.2) is 5.78 Å². The number of sulfone groups is 1. The van der Waals surface area contributed by atoms with Gasteiger partial charge in [0, 0.05) is 49.9 Å². The van der Waals surface area contributed by atoms with Crippen LogP contribution in [0.5, 0.6) is 0 Å². The first-order valence-electron chi connectivity index (χ1n) is 18.9. The quantitative estimate of drug-likeness (QED) is 0.180. The summed E-state index contributed by atoms with van der Waals surface area (Å²) < 4.78 is 33.9. The molecule has 6 heteroatoms. The van der Waals surface area contributed by atoms with Gasteiger partial charge in [-0.2, -0.15) is 0 Å². The van der Waals surface area contributed by atoms with Gasteiger partial charge in [0.05, 0.1) is 26.3 Å². The number of aromatic nitrogens is 2. The van der Waals surface area contributed by atoms with E-state index in [1.165, 1.54) is 5.69 Å². The summed E-state index contributed by atoms with van der Waals surface area (Å²) >= 11 is 0. The summed E-state index contributed by atoms with van der Waals surface area (Å²) in [5, 5.41) is 3.33. The molecule has 9 aromatic rings. The standard InChI is InChI=1S/C50H34N2O3S/c1-31-26-47-43(38-17-9-11-19-45(38)52(47)36-14-6-3-7-15-36)30-41(31)34-21-24-40-49(29-34)56(54,55)48-28-33(20-23-39(48)50(40)53)32-22-25-46-42(27-32)37-16-8-10-18-44(37)51(46)35-12-4-2-5-13-35/h2-25,27-31H,26H2,1H3. The number of ketones is 1. The van der Waals surface area contributed by atoms with Crippen LogP contribution in [-0.4, -0.2) is 23.3 Å². The van der Waals surface area contributed by atoms with Crippen LogP contribution in [0.4, 0.5) is 0 Å². The molecule has 2 aliphatic rings. The van der Waals surface area contributed by atoms with E-state index in [0.29, 0.717) is 0 Å². The van der Waals surface area contributed by atoms with E-state index < -0.39 is 9.84 Å². The molecule has 0 saturated heterocycles. The lowest BCUT2D eigenvalue weighted by atomic mass is 9.83. The summed E-state index contributed by atoms with van der Waals surface area (Å²) in [4.78, 5) is 14.1. The molecule has 11 rings (SSSR count). The minimum Gasteiger partial charge on any atom is -0.313 e. The van der Waals surface area contributed by atoms with E-state index in [9.17, 15) is 13.2 Å². The summed E-state index contributed by atoms with van der Waals surface area (Å²) in [5.74, 6) is -0.167. The molecule has 7 aromatic carbocycles. The van der Waals surface area contributed by atoms with Gasteiger partial charge in [0.2, 0.25) is 9.84 Å². The molecule has 0 bridgehead atoms. The Morgan fingerprint density at radius 2 is 1.04 bits per heavy atom. The molecule has 0 N–H and O–H groups in total. The molecule has 1 aliphatic carbocycles. The van der Waals surface area contributed by atoms with Crippen LogP contribution in [0.1, 0.15) is 39.7 Å². The van der Waals surface area contributed by atoms with Crippen molar-refractivity contribution in [3.8, 4) is 22.5 Å². The molecule has 0 saturated carbocycles. The first-order valence-corrected chi connectivity index (χ1v) is 20.4. The number of hydrogen-bond donors (Lipinski definition) is 0. The molecule has 1 unspecified atom stereocenters. The van der Waals surface area contributed by atoms with Crippen molar-refractivity contribution in [2.24, 2.45) is 5.92 Å². The molecule has 0 radical (unpaired) electrons. The van der Waals surface area contributed by atoms with Crippen molar-refractivity contribution in [2.75, 3.05) is 0 Å². The molecule has 3 heterocycles. The Morgan fingerprint density at radius 1 is 0.518 bits per heavy atom. The number of rotatable bonds is 4. The third kappa shape index (κ3) is 4.72. The highest BCUT2D eigenvalue weighted by molar-refractivity contribution is 7.91. The largest absolute Gasteiger partial charge is 0.313 e. The van der Waals surface area contributed by atoms with Crippen LogP contribution in [0.15, 0.2) is 174 Å². The highest BCUT2D eigenvalue weighted by atomic mass is 32.2. The lowest BCUT2D eigenvalue weighted by Crippen LogP contribution is -2.21. The van der Waals surface area contributed by atoms with E-state index in [1.807, 2.05) is 54.6 Å². The van der Waals surface area contributed by atoms with Crippen LogP contribution in [0.2, 0.25) is 0 Å². The Bertz CT molecular complexity index is 3260. The third-order valence-corrected chi connectivity index (χ3v) is 13.6. The topological polar surface area (TPSA) is 61.1 Å². The van der Waals surface area contributed by atoms with E-state index in [2.05, 4.69) is 107 Å². The van der Waals surface area contributed by atoms with Crippen molar-refractivity contribution in [2.45, 2.75) is 23.1 Å². The maximum Gasteiger partial charge on any atom is 0.208 e. The number of carbonyl (C=O) groups is 1. The van der Waals surface area contributed by atoms with Crippen LogP contribution in [0.25, 0.3) is 66.9 Å². The lowest BCUT2D eigenvalue weighted by Gasteiger charge is -2.25. The monoisotopic (exact) mass is 742 g/mol. The van der Waals surface area contributed by atoms with Gasteiger partial charge >= 0.3 is 0 Å². The maximum atomic E-state index is 14.6. The highest BCUT2D eigenvalue weighted by Gasteiger charge is 2.36. The van der Waals surface area contributed by atoms with E-state index >= 15 is 0 Å². The van der Waals surface area contributed by atoms with Crippen molar-refractivity contribution in [3.63, 3.8) is 0 Å². The zero-order valence-corrected chi connectivity index (χ0v) is 31.3. The minimum absolute atomic E-state index is 0.0513. The second kappa shape index (κ2) is 12.1. The van der Waals surface area contributed by atoms with Crippen molar-refractivity contribution < 1.29 is 13.2 Å². The Kier molecular flexibility index (Phi) is 7.07. The number of nitrogens with zero attached hydrogens (tertiary/aromatic N) is 2. The van der Waals surface area contributed by atoms with Crippen molar-refractivity contribution in [1.82, 2.24) is 9.13 Å². The van der Waals surface area contributed by atoms with E-state index in [-0.39, 0.29) is 32.6 Å². The van der Waals surface area contributed by atoms with E-state index in [1.54, 1.807) is 24.3 Å². The van der Waals surface area contributed by atoms with Crippen LogP contribution in [0.3, 0.4) is 0 Å². The normalized spacial score (nSPS) is 15.8. The first kappa shape index (κ1) is 32.7. The predicted molar refractivity (Wildman–Crippen MR) is 226 cm³/mol. The number of para-hydroxylation sites is 4. The highest BCUT2D eigenvalue weighted by Crippen LogP contribution is 2.44. The average Bonchev–Trinajstić information content (AvgIpc) is 3.74. The first-order chi connectivity index (χ1) is 27.4. The number of fused-ring (bicyclic) bond motifs is 8. The molecule has 0 fully saturated rings. The minimum atomic E-state index is -4.04. The van der Waals surface area contributed by atoms with Gasteiger partial charge in [-0.15, -0.1) is 0 Å². The van der Waals surface area contributed by atoms with Gasteiger partial charge in [0.25, 0.3) is 0 Å². The zero-order valence-electron chi connectivity index (χ0n) is 30.5. The number of hydrogen-bond acceptors (Lipinski definition) is 3. The van der Waals surface area contributed by atoms with Gasteiger partial charge in [-0.1, -0.05) is 97.9 Å². The van der Waals surface area contributed by atoms with Gasteiger partial charge in [0.1, 0.15) is 0 Å². The molecular formula is C50H34N2O3S. The third-order valence-electron chi connectivity index (χ3n) is 11.7. The van der Waals surface area contributed by atoms with Crippen molar-refractivity contribution in [3.05, 3.63) is 192 Å². The summed E-state index contributed by atoms with van der Waals surface area (Å²) in [6, 6.07) is 54.3. The Balaban J connectivity index is 1.02. The Hall–Kier alpha value is -6.76. The molecule has 5 nitrogen and oxygen atoms in total. The molecule has 1 atom stereocenters. The smallest absolute Gasteiger partial charge is 0.208 e. The Labute approximate surface area is 324 Å². The van der Waals surface area contributed by atoms with Crippen LogP contribution in [-0.2, 0) is 16.3 Å². The molecule has 0 amide bonds. The fourth-order valence-corrected chi connectivity index (χ4v) is 10.8. The Morgan fingerprint density at radius 3 is 1.73 bits per heavy atom. The molecule has 1 aliphatic heterocycles. The van der Waals surface area contributed by atoms with Gasteiger partial charge in [-0.25, -0.2) is 8.42 Å². The summed E-state index contributed by atoms with van der Waals surface area (Å²) in [6.45, 7) is 2.19. The van der Waals surface area contributed by atoms with Crippen LogP contribution < -0.4 is 0 Å². The number of carbonyl (C=O) groups excluding carboxylic acids is 1. The lowest BCUT2D eigenvalue weighted by molar-refractivity contribution is 0.103. The summed E-state index contributed by atoms with van der Waals surface area (Å²) in [6.07, 6.45) is 3.01. The van der Waals surface area contributed by atoms with Crippen molar-refractivity contribution >= 4 is 60.0 Å². The SMILES string of the molecule is CC1Cc2c(c3ccccc3n2-c2ccccc2)C=C1c1ccc2c(c1)S(=O)(=O)c1cc(-c3ccc4c(c3)c3ccccc3n4-c3ccccc3)ccc1C2=O. The molecule has 2 aromatic heterocycles. The number of benzene rings is 7. The van der Waals surface area contributed by atoms with Crippen LogP contribution in [0, 0.1) is 5.92 Å². The summed E-state index contributed by atoms with van der Waals surface area (Å²) in [7, 11) is -4.04. The average molecular weight is 743 g/mol. The molecule has 56 heavy (non-hydrogen) atoms. The predicted octanol–water partition coefficient (Wildman–Crippen LogP) is 11.5.